The van der Waals surface area contributed by atoms with E-state index in [0.717, 1.165) is 12.8 Å². The molecule has 0 spiro atoms. The van der Waals surface area contributed by atoms with Crippen molar-refractivity contribution in [1.82, 2.24) is 26.6 Å². The smallest absolute Gasteiger partial charge is 0.222 e. The van der Waals surface area contributed by atoms with E-state index in [1.807, 2.05) is 20.8 Å². The third kappa shape index (κ3) is 35.7. The molecule has 15 atom stereocenters. The van der Waals surface area contributed by atoms with Gasteiger partial charge in [0.2, 0.25) is 23.6 Å². The van der Waals surface area contributed by atoms with Gasteiger partial charge in [0.1, 0.15) is 84.8 Å². The minimum absolute atomic E-state index is 0.0268. The van der Waals surface area contributed by atoms with Crippen LogP contribution in [0.15, 0.2) is 0 Å². The highest BCUT2D eigenvalue weighted by Crippen LogP contribution is 2.25. The number of carbonyl (C=O) groups excluding carboxylic acids is 6. The maximum atomic E-state index is 12.6. The number of hydrogen-bond donors (Lipinski definition) is 18. The van der Waals surface area contributed by atoms with E-state index in [9.17, 15) is 84.9 Å². The van der Waals surface area contributed by atoms with Crippen LogP contribution in [0, 0.1) is 0 Å². The zero-order valence-electron chi connectivity index (χ0n) is 55.3. The molecule has 4 amide bonds. The summed E-state index contributed by atoms with van der Waals surface area (Å²) in [7, 11) is 0. The SMILES string of the molecule is CC(=O)CCOCC(COCCC(=O)NCCCNC(=O)CCCCO[C@H]1OC(CO)[C@@H](O)C(O)[C@H]1O)(COCCC(=O)NCCCNC(=O)CCCCO[C@H]1OC(CO)[C@@H](O)C(O)[C@H]1O)NC(C)(C)C.NCCCCC(=O)CCCCO[C@H]1OC(CO)[C@@H](O)C(O)[C@H]1O. The molecule has 33 heteroatoms. The summed E-state index contributed by atoms with van der Waals surface area (Å²) in [5.41, 5.74) is 4.02. The molecule has 0 aromatic carbocycles. The Balaban J connectivity index is 0.00000109. The summed E-state index contributed by atoms with van der Waals surface area (Å²) in [6.07, 6.45) is -12.3. The van der Waals surface area contributed by atoms with Crippen molar-refractivity contribution in [3.05, 3.63) is 0 Å². The molecule has 0 radical (unpaired) electrons. The van der Waals surface area contributed by atoms with E-state index in [4.69, 9.17) is 53.5 Å². The molecule has 3 saturated heterocycles. The number of ether oxygens (including phenoxy) is 9. The van der Waals surface area contributed by atoms with Gasteiger partial charge in [-0.15, -0.1) is 0 Å². The maximum absolute atomic E-state index is 12.6. The van der Waals surface area contributed by atoms with Crippen molar-refractivity contribution < 1.29 is 133 Å². The number of aliphatic hydroxyl groups excluding tert-OH is 12. The number of amides is 4. The lowest BCUT2D eigenvalue weighted by Gasteiger charge is -2.40. The first-order valence-electron chi connectivity index (χ1n) is 32.8. The molecule has 6 unspecified atom stereocenters. The molecular weight excluding hydrogens is 1250 g/mol. The highest BCUT2D eigenvalue weighted by atomic mass is 16.7. The van der Waals surface area contributed by atoms with E-state index in [-0.39, 0.29) is 127 Å². The Kier molecular flexibility index (Phi) is 45.0. The van der Waals surface area contributed by atoms with Gasteiger partial charge in [-0.05, 0) is 98.4 Å². The molecule has 94 heavy (non-hydrogen) atoms. The zero-order valence-corrected chi connectivity index (χ0v) is 55.3. The maximum Gasteiger partial charge on any atom is 0.222 e. The van der Waals surface area contributed by atoms with Crippen molar-refractivity contribution in [2.75, 3.05) is 112 Å². The Morgan fingerprint density at radius 1 is 0.394 bits per heavy atom. The molecule has 3 heterocycles. The van der Waals surface area contributed by atoms with Gasteiger partial charge < -0.3 is 136 Å². The van der Waals surface area contributed by atoms with Crippen LogP contribution in [-0.2, 0) is 71.4 Å². The Morgan fingerprint density at radius 3 is 1.01 bits per heavy atom. The molecular formula is C61H114N6O27. The van der Waals surface area contributed by atoms with Gasteiger partial charge in [0.25, 0.3) is 0 Å². The van der Waals surface area contributed by atoms with E-state index < -0.39 is 123 Å². The molecule has 19 N–H and O–H groups in total. The molecule has 3 aliphatic heterocycles. The summed E-state index contributed by atoms with van der Waals surface area (Å²) < 4.78 is 49.9. The third-order valence-corrected chi connectivity index (χ3v) is 15.1. The quantitative estimate of drug-likeness (QED) is 0.0253. The molecule has 3 fully saturated rings. The lowest BCUT2D eigenvalue weighted by molar-refractivity contribution is -0.301. The number of ketones is 2. The zero-order chi connectivity index (χ0) is 70.1. The highest BCUT2D eigenvalue weighted by Gasteiger charge is 2.46. The Hall–Kier alpha value is -3.70. The normalized spacial score (nSPS) is 26.9. The summed E-state index contributed by atoms with van der Waals surface area (Å²) in [6.45, 7) is 8.77. The topological polar surface area (TPSA) is 514 Å². The van der Waals surface area contributed by atoms with Gasteiger partial charge in [-0.25, -0.2) is 0 Å². The number of nitrogens with one attached hydrogen (secondary N) is 5. The van der Waals surface area contributed by atoms with Gasteiger partial charge in [-0.2, -0.15) is 0 Å². The number of Topliss-reactive ketones (excluding diaryl/α,β-unsaturated/α-hetero) is 2. The first kappa shape index (κ1) is 86.4. The largest absolute Gasteiger partial charge is 0.394 e. The fraction of sp³-hybridized carbons (Fsp3) is 0.902. The van der Waals surface area contributed by atoms with Gasteiger partial charge in [-0.1, -0.05) is 0 Å². The fourth-order valence-corrected chi connectivity index (χ4v) is 9.82. The molecule has 3 aliphatic rings. The molecule has 3 rings (SSSR count). The van der Waals surface area contributed by atoms with Crippen molar-refractivity contribution >= 4 is 35.2 Å². The van der Waals surface area contributed by atoms with Crippen LogP contribution in [0.5, 0.6) is 0 Å². The van der Waals surface area contributed by atoms with Crippen LogP contribution < -0.4 is 32.3 Å². The summed E-state index contributed by atoms with van der Waals surface area (Å²) >= 11 is 0. The van der Waals surface area contributed by atoms with Crippen LogP contribution in [-0.4, -0.2) is 312 Å². The van der Waals surface area contributed by atoms with Gasteiger partial charge in [0, 0.05) is 96.5 Å². The summed E-state index contributed by atoms with van der Waals surface area (Å²) in [5.74, 6) is -0.692. The van der Waals surface area contributed by atoms with Crippen molar-refractivity contribution in [3.8, 4) is 0 Å². The lowest BCUT2D eigenvalue weighted by Crippen LogP contribution is -2.62. The van der Waals surface area contributed by atoms with E-state index >= 15 is 0 Å². The number of rotatable bonds is 49. The van der Waals surface area contributed by atoms with Gasteiger partial charge in [0.05, 0.1) is 65.0 Å². The van der Waals surface area contributed by atoms with Crippen LogP contribution in [0.25, 0.3) is 0 Å². The van der Waals surface area contributed by atoms with Gasteiger partial charge >= 0.3 is 0 Å². The van der Waals surface area contributed by atoms with E-state index in [1.54, 1.807) is 0 Å². The number of unbranched alkanes of at least 4 members (excludes halogenated alkanes) is 4. The number of hydrogen-bond acceptors (Lipinski definition) is 29. The number of nitrogens with two attached hydrogens (primary N) is 1. The average molecular weight is 1360 g/mol. The van der Waals surface area contributed by atoms with Crippen LogP contribution in [0.1, 0.15) is 137 Å². The van der Waals surface area contributed by atoms with E-state index in [1.165, 1.54) is 6.92 Å². The van der Waals surface area contributed by atoms with Crippen LogP contribution in [0.4, 0.5) is 0 Å². The van der Waals surface area contributed by atoms with Crippen molar-refractivity contribution in [2.45, 2.75) is 240 Å². The predicted molar refractivity (Wildman–Crippen MR) is 333 cm³/mol. The van der Waals surface area contributed by atoms with E-state index in [2.05, 4.69) is 26.6 Å². The highest BCUT2D eigenvalue weighted by molar-refractivity contribution is 5.78. The second kappa shape index (κ2) is 48.9. The monoisotopic (exact) mass is 1360 g/mol. The molecule has 0 saturated carbocycles. The molecule has 550 valence electrons. The summed E-state index contributed by atoms with van der Waals surface area (Å²) in [6, 6.07) is 0. The number of carbonyl (C=O) groups is 6. The first-order chi connectivity index (χ1) is 44.7. The molecule has 0 aromatic heterocycles. The Labute approximate surface area is 550 Å². The lowest BCUT2D eigenvalue weighted by atomic mass is 9.97. The van der Waals surface area contributed by atoms with Crippen molar-refractivity contribution in [3.63, 3.8) is 0 Å². The Morgan fingerprint density at radius 2 is 0.702 bits per heavy atom. The van der Waals surface area contributed by atoms with Crippen molar-refractivity contribution in [1.29, 1.82) is 0 Å². The molecule has 33 nitrogen and oxygen atoms in total. The van der Waals surface area contributed by atoms with Crippen molar-refractivity contribution in [2.24, 2.45) is 5.73 Å². The minimum Gasteiger partial charge on any atom is -0.394 e. The molecule has 0 bridgehead atoms. The predicted octanol–water partition coefficient (Wildman–Crippen LogP) is -5.19. The van der Waals surface area contributed by atoms with Gasteiger partial charge in [0.15, 0.2) is 18.9 Å². The minimum atomic E-state index is -1.53. The second-order valence-electron chi connectivity index (χ2n) is 24.7. The standard InChI is InChI=1S/C46H85N5O20.C15H29NO7/c1-30(54)13-22-65-27-46(51-45(2,3)4,28-66-23-14-35(57)49-18-9-16-47-33(55)11-5-7-20-68-43-41(63)39(61)37(59)31(25-52)70-43)29-67-24-15-36(58)50-19-10-17-48-34(56)12-6-8-21-69-44-42(64)40(62)38(60)32(26-53)71-44;16-7-3-1-5-10(18)6-2-4-8-22-15-14(21)13(20)12(19)11(9-17)23-15/h31-32,37-44,51-53,59-64H,5-29H2,1-4H3,(H,47,55)(H,48,56)(H,49,57)(H,50,58);11-15,17,19-21H,1-9,16H2/t31?,32?,37-,38-,39?,40?,41-,42-,43+,44+,46?;11?,12-,13?,14-,15+/m11/s1. The molecule has 0 aromatic rings. The number of aliphatic hydroxyl groups is 12. The fourth-order valence-electron chi connectivity index (χ4n) is 9.82. The van der Waals surface area contributed by atoms with Crippen LogP contribution >= 0.6 is 0 Å². The average Bonchev–Trinajstić information content (AvgIpc) is 0.902. The third-order valence-electron chi connectivity index (χ3n) is 15.1. The summed E-state index contributed by atoms with van der Waals surface area (Å²) in [5, 5.41) is 131. The second-order valence-corrected chi connectivity index (χ2v) is 24.7. The Bertz CT molecular complexity index is 1990. The van der Waals surface area contributed by atoms with Gasteiger partial charge in [-0.3, -0.25) is 28.8 Å². The first-order valence-corrected chi connectivity index (χ1v) is 32.8. The summed E-state index contributed by atoms with van der Waals surface area (Å²) in [4.78, 5) is 72.8. The molecule has 0 aliphatic carbocycles. The van der Waals surface area contributed by atoms with E-state index in [0.29, 0.717) is 96.9 Å². The van der Waals surface area contributed by atoms with Crippen LogP contribution in [0.3, 0.4) is 0 Å². The van der Waals surface area contributed by atoms with Crippen LogP contribution in [0.2, 0.25) is 0 Å².